The van der Waals surface area contributed by atoms with Crippen LogP contribution in [0.1, 0.15) is 26.7 Å². The summed E-state index contributed by atoms with van der Waals surface area (Å²) in [5.41, 5.74) is 2.17. The van der Waals surface area contributed by atoms with Crippen molar-refractivity contribution in [2.24, 2.45) is 5.41 Å². The molecule has 0 heterocycles. The molecule has 1 saturated carbocycles. The van der Waals surface area contributed by atoms with Gasteiger partial charge in [-0.05, 0) is 37.8 Å². The lowest BCUT2D eigenvalue weighted by Crippen LogP contribution is -2.10. The van der Waals surface area contributed by atoms with E-state index in [1.165, 1.54) is 12.8 Å². The summed E-state index contributed by atoms with van der Waals surface area (Å²) in [6, 6.07) is 0. The van der Waals surface area contributed by atoms with Crippen molar-refractivity contribution in [1.29, 1.82) is 0 Å². The first kappa shape index (κ1) is 6.84. The Labute approximate surface area is 66.8 Å². The number of hydrogen-bond donors (Lipinski definition) is 0. The van der Waals surface area contributed by atoms with Crippen LogP contribution in [0.2, 0.25) is 0 Å². The second-order valence-electron chi connectivity index (χ2n) is 3.72. The molecule has 0 bridgehead atoms. The van der Waals surface area contributed by atoms with E-state index in [1.54, 1.807) is 0 Å². The minimum atomic E-state index is 0.225. The molecular formula is C10H12O. The standard InChI is InChI=1S/C10H12O/c1-7-5-10(3-4-10)6-8(2)9(7)11/h5-6H,3-4H2,1-2H3. The first-order valence-corrected chi connectivity index (χ1v) is 4.07. The van der Waals surface area contributed by atoms with Crippen molar-refractivity contribution in [3.8, 4) is 0 Å². The van der Waals surface area contributed by atoms with Crippen molar-refractivity contribution in [2.45, 2.75) is 26.7 Å². The van der Waals surface area contributed by atoms with Crippen LogP contribution < -0.4 is 0 Å². The fraction of sp³-hybridized carbons (Fsp3) is 0.500. The Balaban J connectivity index is 2.40. The van der Waals surface area contributed by atoms with Crippen molar-refractivity contribution in [2.75, 3.05) is 0 Å². The molecule has 0 N–H and O–H groups in total. The van der Waals surface area contributed by atoms with Crippen molar-refractivity contribution in [3.63, 3.8) is 0 Å². The monoisotopic (exact) mass is 148 g/mol. The van der Waals surface area contributed by atoms with Crippen LogP contribution in [0.15, 0.2) is 23.3 Å². The van der Waals surface area contributed by atoms with Gasteiger partial charge in [0.2, 0.25) is 0 Å². The maximum absolute atomic E-state index is 11.3. The van der Waals surface area contributed by atoms with Crippen molar-refractivity contribution >= 4 is 5.78 Å². The fourth-order valence-electron chi connectivity index (χ4n) is 1.78. The van der Waals surface area contributed by atoms with E-state index in [2.05, 4.69) is 12.2 Å². The van der Waals surface area contributed by atoms with E-state index in [9.17, 15) is 4.79 Å². The van der Waals surface area contributed by atoms with Crippen molar-refractivity contribution < 1.29 is 4.79 Å². The number of hydrogen-bond acceptors (Lipinski definition) is 1. The van der Waals surface area contributed by atoms with Gasteiger partial charge in [0, 0.05) is 5.41 Å². The molecule has 0 saturated heterocycles. The zero-order valence-corrected chi connectivity index (χ0v) is 6.98. The maximum Gasteiger partial charge on any atom is 0.183 e. The van der Waals surface area contributed by atoms with E-state index in [1.807, 2.05) is 13.8 Å². The highest BCUT2D eigenvalue weighted by Crippen LogP contribution is 2.51. The third-order valence-electron chi connectivity index (χ3n) is 2.55. The van der Waals surface area contributed by atoms with Gasteiger partial charge in [-0.1, -0.05) is 12.2 Å². The Morgan fingerprint density at radius 1 is 1.18 bits per heavy atom. The molecule has 0 aromatic heterocycles. The third kappa shape index (κ3) is 0.953. The normalized spacial score (nSPS) is 26.5. The number of allylic oxidation sites excluding steroid dienone is 4. The van der Waals surface area contributed by atoms with Gasteiger partial charge in [0.05, 0.1) is 0 Å². The lowest BCUT2D eigenvalue weighted by atomic mass is 9.90. The van der Waals surface area contributed by atoms with Crippen molar-refractivity contribution in [3.05, 3.63) is 23.3 Å². The van der Waals surface area contributed by atoms with E-state index in [4.69, 9.17) is 0 Å². The Morgan fingerprint density at radius 2 is 1.64 bits per heavy atom. The van der Waals surface area contributed by atoms with Crippen LogP contribution in [0.5, 0.6) is 0 Å². The Morgan fingerprint density at radius 3 is 2.00 bits per heavy atom. The Bertz CT molecular complexity index is 253. The quantitative estimate of drug-likeness (QED) is 0.515. The van der Waals surface area contributed by atoms with Gasteiger partial charge in [0.15, 0.2) is 5.78 Å². The predicted octanol–water partition coefficient (Wildman–Crippen LogP) is 2.24. The molecule has 2 aliphatic carbocycles. The van der Waals surface area contributed by atoms with Gasteiger partial charge in [-0.25, -0.2) is 0 Å². The minimum absolute atomic E-state index is 0.225. The second kappa shape index (κ2) is 1.84. The molecule has 2 rings (SSSR count). The molecule has 0 aromatic carbocycles. The van der Waals surface area contributed by atoms with Gasteiger partial charge in [-0.3, -0.25) is 4.79 Å². The second-order valence-corrected chi connectivity index (χ2v) is 3.72. The highest BCUT2D eigenvalue weighted by molar-refractivity contribution is 6.08. The molecule has 58 valence electrons. The van der Waals surface area contributed by atoms with Crippen molar-refractivity contribution in [1.82, 2.24) is 0 Å². The number of carbonyl (C=O) groups excluding carboxylic acids is 1. The molecule has 0 aromatic rings. The van der Waals surface area contributed by atoms with E-state index >= 15 is 0 Å². The highest BCUT2D eigenvalue weighted by Gasteiger charge is 2.41. The van der Waals surface area contributed by atoms with Crippen LogP contribution in [0.25, 0.3) is 0 Å². The minimum Gasteiger partial charge on any atom is -0.289 e. The predicted molar refractivity (Wildman–Crippen MR) is 44.2 cm³/mol. The highest BCUT2D eigenvalue weighted by atomic mass is 16.1. The lowest BCUT2D eigenvalue weighted by Gasteiger charge is -2.14. The summed E-state index contributed by atoms with van der Waals surface area (Å²) in [4.78, 5) is 11.3. The largest absolute Gasteiger partial charge is 0.289 e. The topological polar surface area (TPSA) is 17.1 Å². The van der Waals surface area contributed by atoms with Crippen LogP contribution >= 0.6 is 0 Å². The van der Waals surface area contributed by atoms with Crippen LogP contribution in [-0.2, 0) is 4.79 Å². The summed E-state index contributed by atoms with van der Waals surface area (Å²) >= 11 is 0. The Hall–Kier alpha value is -0.850. The summed E-state index contributed by atoms with van der Waals surface area (Å²) in [6.45, 7) is 3.83. The molecule has 0 radical (unpaired) electrons. The average Bonchev–Trinajstić information content (AvgIpc) is 2.65. The lowest BCUT2D eigenvalue weighted by molar-refractivity contribution is -0.112. The first-order chi connectivity index (χ1) is 5.13. The summed E-state index contributed by atoms with van der Waals surface area (Å²) in [5, 5.41) is 0. The van der Waals surface area contributed by atoms with Crippen LogP contribution in [0, 0.1) is 5.41 Å². The smallest absolute Gasteiger partial charge is 0.183 e. The molecule has 1 fully saturated rings. The van der Waals surface area contributed by atoms with Gasteiger partial charge in [0.25, 0.3) is 0 Å². The number of ketones is 1. The fourth-order valence-corrected chi connectivity index (χ4v) is 1.78. The van der Waals surface area contributed by atoms with Gasteiger partial charge in [0.1, 0.15) is 0 Å². The summed E-state index contributed by atoms with van der Waals surface area (Å²) in [7, 11) is 0. The molecule has 0 unspecified atom stereocenters. The molecule has 11 heavy (non-hydrogen) atoms. The molecule has 1 nitrogen and oxygen atoms in total. The van der Waals surface area contributed by atoms with Gasteiger partial charge >= 0.3 is 0 Å². The zero-order chi connectivity index (χ0) is 8.06. The SMILES string of the molecule is CC1=CC2(C=C(C)C1=O)CC2. The number of carbonyl (C=O) groups is 1. The third-order valence-corrected chi connectivity index (χ3v) is 2.55. The summed E-state index contributed by atoms with van der Waals surface area (Å²) < 4.78 is 0. The van der Waals surface area contributed by atoms with Crippen LogP contribution in [0.3, 0.4) is 0 Å². The van der Waals surface area contributed by atoms with Gasteiger partial charge in [-0.15, -0.1) is 0 Å². The van der Waals surface area contributed by atoms with Gasteiger partial charge < -0.3 is 0 Å². The molecule has 0 aliphatic heterocycles. The summed E-state index contributed by atoms with van der Waals surface area (Å²) in [6.07, 6.45) is 6.72. The van der Waals surface area contributed by atoms with E-state index in [-0.39, 0.29) is 5.78 Å². The van der Waals surface area contributed by atoms with E-state index in [0.29, 0.717) is 5.41 Å². The zero-order valence-electron chi connectivity index (χ0n) is 6.98. The number of rotatable bonds is 0. The van der Waals surface area contributed by atoms with Crippen LogP contribution in [-0.4, -0.2) is 5.78 Å². The molecule has 0 amide bonds. The van der Waals surface area contributed by atoms with E-state index in [0.717, 1.165) is 11.1 Å². The molecule has 0 atom stereocenters. The molecule has 1 heteroatoms. The molecular weight excluding hydrogens is 136 g/mol. The molecule has 1 spiro atoms. The average molecular weight is 148 g/mol. The molecule has 2 aliphatic rings. The first-order valence-electron chi connectivity index (χ1n) is 4.07. The van der Waals surface area contributed by atoms with Crippen LogP contribution in [0.4, 0.5) is 0 Å². The maximum atomic E-state index is 11.3. The Kier molecular flexibility index (Phi) is 1.15. The number of Topliss-reactive ketones (excluding diaryl/α,β-unsaturated/α-hetero) is 1. The summed E-state index contributed by atoms with van der Waals surface area (Å²) in [5.74, 6) is 0.225. The van der Waals surface area contributed by atoms with E-state index < -0.39 is 0 Å². The van der Waals surface area contributed by atoms with Gasteiger partial charge in [-0.2, -0.15) is 0 Å².